The third-order valence-corrected chi connectivity index (χ3v) is 5.38. The maximum absolute atomic E-state index is 13.2. The zero-order valence-corrected chi connectivity index (χ0v) is 16.7. The molecular formula is C25H22N3O2+. The van der Waals surface area contributed by atoms with Gasteiger partial charge in [0.25, 0.3) is 0 Å². The summed E-state index contributed by atoms with van der Waals surface area (Å²) >= 11 is 0. The van der Waals surface area contributed by atoms with E-state index in [2.05, 4.69) is 36.5 Å². The lowest BCUT2D eigenvalue weighted by Crippen LogP contribution is -2.44. The SMILES string of the molecule is Cc1cccc(-c2c[n+]3c(c(Cc4ccccc4)n2)NC(Cc2ccco2)C3=O)c1. The summed E-state index contributed by atoms with van der Waals surface area (Å²) in [5.41, 5.74) is 4.96. The molecule has 0 amide bonds. The van der Waals surface area contributed by atoms with Crippen molar-refractivity contribution >= 4 is 11.7 Å². The highest BCUT2D eigenvalue weighted by atomic mass is 16.3. The van der Waals surface area contributed by atoms with Gasteiger partial charge < -0.3 is 4.42 Å². The summed E-state index contributed by atoms with van der Waals surface area (Å²) in [5.74, 6) is 1.55. The van der Waals surface area contributed by atoms with Crippen molar-refractivity contribution in [2.45, 2.75) is 25.8 Å². The smallest absolute Gasteiger partial charge is 0.359 e. The minimum Gasteiger partial charge on any atom is -0.469 e. The van der Waals surface area contributed by atoms with Gasteiger partial charge in [-0.3, -0.25) is 5.32 Å². The molecule has 2 aromatic carbocycles. The number of aryl methyl sites for hydroxylation is 1. The highest BCUT2D eigenvalue weighted by Gasteiger charge is 2.41. The molecule has 0 spiro atoms. The minimum atomic E-state index is -0.375. The van der Waals surface area contributed by atoms with Crippen molar-refractivity contribution in [3.05, 3.63) is 102 Å². The second-order valence-electron chi connectivity index (χ2n) is 7.64. The maximum atomic E-state index is 13.2. The predicted molar refractivity (Wildman–Crippen MR) is 114 cm³/mol. The van der Waals surface area contributed by atoms with E-state index < -0.39 is 0 Å². The average molecular weight is 396 g/mol. The maximum Gasteiger partial charge on any atom is 0.359 e. The second-order valence-corrected chi connectivity index (χ2v) is 7.64. The summed E-state index contributed by atoms with van der Waals surface area (Å²) in [7, 11) is 0. The first-order chi connectivity index (χ1) is 14.7. The van der Waals surface area contributed by atoms with Crippen LogP contribution in [0.25, 0.3) is 11.3 Å². The zero-order chi connectivity index (χ0) is 20.5. The third kappa shape index (κ3) is 3.50. The van der Waals surface area contributed by atoms with E-state index >= 15 is 0 Å². The molecule has 148 valence electrons. The number of carbonyl (C=O) groups excluding carboxylic acids is 1. The lowest BCUT2D eigenvalue weighted by Gasteiger charge is -2.07. The number of hydrogen-bond donors (Lipinski definition) is 1. The van der Waals surface area contributed by atoms with Crippen LogP contribution in [0, 0.1) is 6.92 Å². The second kappa shape index (κ2) is 7.59. The molecule has 3 heterocycles. The molecule has 0 fully saturated rings. The Morgan fingerprint density at radius 3 is 2.70 bits per heavy atom. The molecule has 0 aliphatic carbocycles. The van der Waals surface area contributed by atoms with E-state index in [1.54, 1.807) is 10.8 Å². The number of aromatic nitrogens is 2. The standard InChI is InChI=1S/C25H21N3O2/c1-17-7-5-10-19(13-17)23-16-28-24(21(26-23)14-18-8-3-2-4-9-18)27-22(25(28)29)15-20-11-6-12-30-20/h2-13,16,22H,14-15H2,1H3/p+1. The number of furan rings is 1. The summed E-state index contributed by atoms with van der Waals surface area (Å²) in [6.45, 7) is 2.06. The van der Waals surface area contributed by atoms with E-state index in [1.165, 1.54) is 0 Å². The van der Waals surface area contributed by atoms with Crippen LogP contribution in [0.1, 0.15) is 27.4 Å². The van der Waals surface area contributed by atoms with Gasteiger partial charge in [0.2, 0.25) is 6.04 Å². The van der Waals surface area contributed by atoms with Gasteiger partial charge >= 0.3 is 11.7 Å². The quantitative estimate of drug-likeness (QED) is 0.514. The number of nitrogens with zero attached hydrogens (tertiary/aromatic N) is 2. The van der Waals surface area contributed by atoms with Gasteiger partial charge in [-0.05, 0) is 30.7 Å². The molecule has 1 atom stereocenters. The zero-order valence-electron chi connectivity index (χ0n) is 16.7. The van der Waals surface area contributed by atoms with E-state index in [0.717, 1.165) is 39.7 Å². The van der Waals surface area contributed by atoms with Crippen LogP contribution in [-0.4, -0.2) is 16.9 Å². The molecule has 1 unspecified atom stereocenters. The Kier molecular flexibility index (Phi) is 4.64. The van der Waals surface area contributed by atoms with Crippen LogP contribution in [-0.2, 0) is 12.8 Å². The lowest BCUT2D eigenvalue weighted by molar-refractivity contribution is -0.552. The van der Waals surface area contributed by atoms with Crippen LogP contribution in [0.2, 0.25) is 0 Å². The topological polar surface area (TPSA) is 59.0 Å². The molecule has 30 heavy (non-hydrogen) atoms. The predicted octanol–water partition coefficient (Wildman–Crippen LogP) is 4.21. The molecule has 1 aliphatic heterocycles. The Bertz CT molecular complexity index is 1200. The number of anilines is 1. The van der Waals surface area contributed by atoms with Crippen molar-refractivity contribution in [3.63, 3.8) is 0 Å². The van der Waals surface area contributed by atoms with Crippen LogP contribution >= 0.6 is 0 Å². The summed E-state index contributed by atoms with van der Waals surface area (Å²) < 4.78 is 7.18. The Morgan fingerprint density at radius 2 is 1.93 bits per heavy atom. The summed E-state index contributed by atoms with van der Waals surface area (Å²) in [6.07, 6.45) is 4.62. The fourth-order valence-electron chi connectivity index (χ4n) is 3.90. The summed E-state index contributed by atoms with van der Waals surface area (Å²) in [6, 6.07) is 21.7. The van der Waals surface area contributed by atoms with Gasteiger partial charge in [0, 0.05) is 12.0 Å². The van der Waals surface area contributed by atoms with E-state index in [9.17, 15) is 4.79 Å². The van der Waals surface area contributed by atoms with Gasteiger partial charge in [-0.2, -0.15) is 4.57 Å². The highest BCUT2D eigenvalue weighted by Crippen LogP contribution is 2.25. The Hall–Kier alpha value is -3.73. The van der Waals surface area contributed by atoms with E-state index in [0.29, 0.717) is 12.8 Å². The molecule has 0 saturated heterocycles. The number of carbonyl (C=O) groups is 1. The molecule has 0 radical (unpaired) electrons. The first-order valence-electron chi connectivity index (χ1n) is 10.1. The number of hydrogen-bond acceptors (Lipinski definition) is 4. The van der Waals surface area contributed by atoms with Crippen LogP contribution in [0.15, 0.2) is 83.6 Å². The molecular weight excluding hydrogens is 374 g/mol. The van der Waals surface area contributed by atoms with E-state index in [-0.39, 0.29) is 11.9 Å². The molecule has 0 saturated carbocycles. The monoisotopic (exact) mass is 396 g/mol. The van der Waals surface area contributed by atoms with Gasteiger partial charge in [0.05, 0.1) is 12.7 Å². The number of benzene rings is 2. The van der Waals surface area contributed by atoms with E-state index in [1.807, 2.05) is 48.7 Å². The molecule has 4 aromatic rings. The van der Waals surface area contributed by atoms with Crippen molar-refractivity contribution in [2.24, 2.45) is 0 Å². The highest BCUT2D eigenvalue weighted by molar-refractivity contribution is 5.82. The van der Waals surface area contributed by atoms with Crippen LogP contribution in [0.5, 0.6) is 0 Å². The molecule has 5 rings (SSSR count). The Balaban J connectivity index is 1.57. The summed E-state index contributed by atoms with van der Waals surface area (Å²) in [5, 5.41) is 3.39. The largest absolute Gasteiger partial charge is 0.469 e. The van der Waals surface area contributed by atoms with Crippen LogP contribution in [0.4, 0.5) is 5.82 Å². The average Bonchev–Trinajstić information content (AvgIpc) is 3.38. The molecule has 2 aromatic heterocycles. The van der Waals surface area contributed by atoms with Crippen LogP contribution in [0.3, 0.4) is 0 Å². The molecule has 5 nitrogen and oxygen atoms in total. The Morgan fingerprint density at radius 1 is 1.07 bits per heavy atom. The Labute approximate surface area is 175 Å². The molecule has 0 bridgehead atoms. The van der Waals surface area contributed by atoms with E-state index in [4.69, 9.17) is 9.40 Å². The third-order valence-electron chi connectivity index (χ3n) is 5.38. The van der Waals surface area contributed by atoms with Gasteiger partial charge in [-0.15, -0.1) is 0 Å². The fraction of sp³-hybridized carbons (Fsp3) is 0.160. The lowest BCUT2D eigenvalue weighted by atomic mass is 10.1. The first kappa shape index (κ1) is 18.3. The number of nitrogens with one attached hydrogen (secondary N) is 1. The van der Waals surface area contributed by atoms with Crippen molar-refractivity contribution < 1.29 is 13.8 Å². The molecule has 1 N–H and O–H groups in total. The van der Waals surface area contributed by atoms with Gasteiger partial charge in [-0.1, -0.05) is 54.1 Å². The van der Waals surface area contributed by atoms with Crippen molar-refractivity contribution in [3.8, 4) is 11.3 Å². The van der Waals surface area contributed by atoms with Crippen molar-refractivity contribution in [1.82, 2.24) is 4.98 Å². The summed E-state index contributed by atoms with van der Waals surface area (Å²) in [4.78, 5) is 18.2. The minimum absolute atomic E-state index is 0.00650. The molecule has 5 heteroatoms. The molecule has 1 aliphatic rings. The normalized spacial score (nSPS) is 15.1. The van der Waals surface area contributed by atoms with Gasteiger partial charge in [-0.25, -0.2) is 9.78 Å². The van der Waals surface area contributed by atoms with Crippen molar-refractivity contribution in [2.75, 3.05) is 5.32 Å². The fourth-order valence-corrected chi connectivity index (χ4v) is 3.90. The number of rotatable bonds is 5. The number of fused-ring (bicyclic) bond motifs is 1. The van der Waals surface area contributed by atoms with Gasteiger partial charge in [0.1, 0.15) is 23.3 Å². The van der Waals surface area contributed by atoms with Crippen molar-refractivity contribution in [1.29, 1.82) is 0 Å². The van der Waals surface area contributed by atoms with Gasteiger partial charge in [0.15, 0.2) is 0 Å². The van der Waals surface area contributed by atoms with Crippen LogP contribution < -0.4 is 9.88 Å². The first-order valence-corrected chi connectivity index (χ1v) is 10.1.